The van der Waals surface area contributed by atoms with Gasteiger partial charge in [-0.15, -0.1) is 0 Å². The molecule has 6 rings (SSSR count). The van der Waals surface area contributed by atoms with E-state index in [0.717, 1.165) is 49.3 Å². The van der Waals surface area contributed by atoms with Crippen LogP contribution in [0.4, 0.5) is 11.6 Å². The van der Waals surface area contributed by atoms with Crippen LogP contribution in [-0.2, 0) is 15.8 Å². The molecular weight excluding hydrogens is 442 g/mol. The van der Waals surface area contributed by atoms with Crippen molar-refractivity contribution >= 4 is 17.5 Å². The fraction of sp³-hybridized carbons (Fsp3) is 0.407. The molecule has 5 heterocycles. The van der Waals surface area contributed by atoms with Gasteiger partial charge in [0.25, 0.3) is 5.91 Å². The van der Waals surface area contributed by atoms with Gasteiger partial charge in [-0.3, -0.25) is 9.78 Å². The number of nitrogens with zero attached hydrogens (tertiary/aromatic N) is 5. The lowest BCUT2D eigenvalue weighted by Crippen LogP contribution is -2.49. The van der Waals surface area contributed by atoms with E-state index in [-0.39, 0.29) is 11.3 Å². The molecule has 0 aliphatic carbocycles. The summed E-state index contributed by atoms with van der Waals surface area (Å²) in [4.78, 5) is 30.9. The van der Waals surface area contributed by atoms with E-state index < -0.39 is 5.60 Å². The Morgan fingerprint density at radius 2 is 1.80 bits per heavy atom. The van der Waals surface area contributed by atoms with Gasteiger partial charge in [0.2, 0.25) is 5.95 Å². The lowest BCUT2D eigenvalue weighted by Gasteiger charge is -2.38. The minimum absolute atomic E-state index is 0.0880. The number of pyridine rings is 1. The smallest absolute Gasteiger partial charge is 0.253 e. The molecule has 2 aromatic heterocycles. The van der Waals surface area contributed by atoms with E-state index in [0.29, 0.717) is 30.4 Å². The Morgan fingerprint density at radius 1 is 1.06 bits per heavy atom. The largest absolute Gasteiger partial charge is 0.386 e. The van der Waals surface area contributed by atoms with Crippen molar-refractivity contribution in [3.8, 4) is 11.3 Å². The number of ether oxygens (including phenoxy) is 1. The van der Waals surface area contributed by atoms with E-state index in [9.17, 15) is 9.90 Å². The molecule has 35 heavy (non-hydrogen) atoms. The number of amides is 1. The van der Waals surface area contributed by atoms with E-state index >= 15 is 0 Å². The molecule has 8 heteroatoms. The van der Waals surface area contributed by atoms with Crippen molar-refractivity contribution in [2.75, 3.05) is 37.7 Å². The highest BCUT2D eigenvalue weighted by molar-refractivity contribution is 5.96. The average Bonchev–Trinajstić information content (AvgIpc) is 3.49. The first-order valence-corrected chi connectivity index (χ1v) is 12.1. The highest BCUT2D eigenvalue weighted by Gasteiger charge is 2.49. The van der Waals surface area contributed by atoms with E-state index in [1.54, 1.807) is 38.5 Å². The average molecular weight is 472 g/mol. The minimum Gasteiger partial charge on any atom is -0.386 e. The molecule has 0 bridgehead atoms. The molecule has 1 spiro atoms. The molecule has 2 fully saturated rings. The highest BCUT2D eigenvalue weighted by atomic mass is 16.5. The Bertz CT molecular complexity index is 1270. The van der Waals surface area contributed by atoms with Crippen molar-refractivity contribution < 1.29 is 14.6 Å². The van der Waals surface area contributed by atoms with E-state index in [2.05, 4.69) is 25.9 Å². The van der Waals surface area contributed by atoms with Gasteiger partial charge in [0, 0.05) is 55.0 Å². The summed E-state index contributed by atoms with van der Waals surface area (Å²) in [5.41, 5.74) is 4.09. The number of likely N-dealkylation sites (tertiary alicyclic amines) is 1. The Morgan fingerprint density at radius 3 is 2.46 bits per heavy atom. The second-order valence-corrected chi connectivity index (χ2v) is 10.4. The van der Waals surface area contributed by atoms with Crippen molar-refractivity contribution in [3.63, 3.8) is 0 Å². The van der Waals surface area contributed by atoms with Crippen LogP contribution in [0.5, 0.6) is 0 Å². The predicted molar refractivity (Wildman–Crippen MR) is 132 cm³/mol. The van der Waals surface area contributed by atoms with Gasteiger partial charge in [0.05, 0.1) is 29.9 Å². The normalized spacial score (nSPS) is 18.6. The predicted octanol–water partition coefficient (Wildman–Crippen LogP) is 3.42. The molecule has 0 saturated carbocycles. The van der Waals surface area contributed by atoms with Gasteiger partial charge in [-0.1, -0.05) is 6.07 Å². The first-order chi connectivity index (χ1) is 16.8. The van der Waals surface area contributed by atoms with Crippen LogP contribution in [-0.4, -0.2) is 63.7 Å². The van der Waals surface area contributed by atoms with Crippen LogP contribution in [0.1, 0.15) is 48.2 Å². The van der Waals surface area contributed by atoms with E-state index in [4.69, 9.17) is 4.74 Å². The Hall–Kier alpha value is -3.36. The molecule has 0 unspecified atom stereocenters. The molecule has 1 amide bonds. The van der Waals surface area contributed by atoms with Gasteiger partial charge in [0.1, 0.15) is 0 Å². The molecule has 0 atom stereocenters. The topological polar surface area (TPSA) is 91.7 Å². The summed E-state index contributed by atoms with van der Waals surface area (Å²) < 4.78 is 5.60. The molecule has 2 saturated heterocycles. The van der Waals surface area contributed by atoms with Gasteiger partial charge in [0.15, 0.2) is 0 Å². The first-order valence-electron chi connectivity index (χ1n) is 12.1. The van der Waals surface area contributed by atoms with Crippen molar-refractivity contribution in [1.29, 1.82) is 0 Å². The van der Waals surface area contributed by atoms with E-state index in [1.807, 2.05) is 23.1 Å². The third-order valence-corrected chi connectivity index (χ3v) is 7.36. The molecule has 3 aliphatic heterocycles. The highest BCUT2D eigenvalue weighted by Crippen LogP contribution is 2.48. The molecule has 0 radical (unpaired) electrons. The van der Waals surface area contributed by atoms with Crippen LogP contribution < -0.4 is 4.90 Å². The van der Waals surface area contributed by atoms with Crippen LogP contribution >= 0.6 is 0 Å². The molecule has 3 aromatic rings. The van der Waals surface area contributed by atoms with Crippen molar-refractivity contribution in [2.24, 2.45) is 0 Å². The lowest BCUT2D eigenvalue weighted by atomic mass is 9.80. The molecule has 1 N–H and O–H groups in total. The third-order valence-electron chi connectivity index (χ3n) is 7.36. The Balaban J connectivity index is 1.33. The number of anilines is 2. The maximum Gasteiger partial charge on any atom is 0.253 e. The summed E-state index contributed by atoms with van der Waals surface area (Å²) in [6.45, 7) is 7.17. The van der Waals surface area contributed by atoms with Crippen molar-refractivity contribution in [3.05, 3.63) is 65.6 Å². The lowest BCUT2D eigenvalue weighted by molar-refractivity contribution is -0.0507. The van der Waals surface area contributed by atoms with Gasteiger partial charge < -0.3 is 19.6 Å². The maximum atomic E-state index is 13.1. The summed E-state index contributed by atoms with van der Waals surface area (Å²) in [6.07, 6.45) is 7.35. The van der Waals surface area contributed by atoms with Gasteiger partial charge in [-0.2, -0.15) is 0 Å². The summed E-state index contributed by atoms with van der Waals surface area (Å²) >= 11 is 0. The number of aromatic nitrogens is 3. The number of hydrogen-bond acceptors (Lipinski definition) is 7. The number of rotatable bonds is 4. The molecule has 1 aromatic carbocycles. The fourth-order valence-electron chi connectivity index (χ4n) is 5.25. The summed E-state index contributed by atoms with van der Waals surface area (Å²) in [6, 6.07) is 9.70. The number of hydrogen-bond donors (Lipinski definition) is 1. The number of carbonyl (C=O) groups is 1. The fourth-order valence-corrected chi connectivity index (χ4v) is 5.25. The van der Waals surface area contributed by atoms with Crippen LogP contribution in [0.25, 0.3) is 11.3 Å². The van der Waals surface area contributed by atoms with Crippen LogP contribution in [0, 0.1) is 0 Å². The zero-order valence-electron chi connectivity index (χ0n) is 20.1. The Labute approximate surface area is 204 Å². The zero-order chi connectivity index (χ0) is 24.2. The second-order valence-electron chi connectivity index (χ2n) is 10.4. The standard InChI is InChI=1S/C27H29N5O3/c1-26(2,34)20-7-8-28-22(12-20)19-13-29-25(30-14-19)32-15-27(16-35-17-27)21-6-5-18(11-23(21)32)24(33)31-9-3-4-10-31/h5-8,11-14,34H,3-4,9-10,15-17H2,1-2H3. The number of carbonyl (C=O) groups excluding carboxylic acids is 1. The third kappa shape index (κ3) is 3.77. The zero-order valence-corrected chi connectivity index (χ0v) is 20.1. The summed E-state index contributed by atoms with van der Waals surface area (Å²) in [7, 11) is 0. The summed E-state index contributed by atoms with van der Waals surface area (Å²) in [5, 5.41) is 10.3. The molecule has 3 aliphatic rings. The molecular formula is C27H29N5O3. The SMILES string of the molecule is CC(C)(O)c1ccnc(-c2cnc(N3CC4(COC4)c4ccc(C(=O)N5CCCC5)cc43)nc2)c1. The quantitative estimate of drug-likeness (QED) is 0.623. The Kier molecular flexibility index (Phi) is 5.12. The monoisotopic (exact) mass is 471 g/mol. The van der Waals surface area contributed by atoms with Crippen LogP contribution in [0.3, 0.4) is 0 Å². The number of fused-ring (bicyclic) bond motifs is 2. The number of benzene rings is 1. The van der Waals surface area contributed by atoms with Crippen molar-refractivity contribution in [1.82, 2.24) is 19.9 Å². The van der Waals surface area contributed by atoms with Gasteiger partial charge in [-0.25, -0.2) is 9.97 Å². The van der Waals surface area contributed by atoms with Crippen molar-refractivity contribution in [2.45, 2.75) is 37.7 Å². The van der Waals surface area contributed by atoms with E-state index in [1.165, 1.54) is 5.56 Å². The first kappa shape index (κ1) is 22.1. The van der Waals surface area contributed by atoms with Crippen LogP contribution in [0.2, 0.25) is 0 Å². The molecule has 180 valence electrons. The summed E-state index contributed by atoms with van der Waals surface area (Å²) in [5.74, 6) is 0.674. The minimum atomic E-state index is -0.957. The van der Waals surface area contributed by atoms with Gasteiger partial charge >= 0.3 is 0 Å². The van der Waals surface area contributed by atoms with Crippen LogP contribution in [0.15, 0.2) is 48.9 Å². The number of aliphatic hydroxyl groups is 1. The molecule has 8 nitrogen and oxygen atoms in total. The van der Waals surface area contributed by atoms with Gasteiger partial charge in [-0.05, 0) is 62.1 Å². The maximum absolute atomic E-state index is 13.1. The second kappa shape index (κ2) is 8.10.